The molecular weight excluding hydrogens is 336 g/mol. The maximum Gasteiger partial charge on any atom is 0.311 e. The number of carbonyl (C=O) groups is 1. The van der Waals surface area contributed by atoms with Crippen LogP contribution in [0.25, 0.3) is 0 Å². The van der Waals surface area contributed by atoms with Crippen LogP contribution >= 0.6 is 0 Å². The molecule has 0 bridgehead atoms. The topological polar surface area (TPSA) is 65.0 Å². The van der Waals surface area contributed by atoms with Crippen molar-refractivity contribution in [1.82, 2.24) is 0 Å². The lowest BCUT2D eigenvalue weighted by molar-refractivity contribution is -0.158. The van der Waals surface area contributed by atoms with Crippen molar-refractivity contribution in [3.63, 3.8) is 0 Å². The van der Waals surface area contributed by atoms with Gasteiger partial charge in [-0.2, -0.15) is 0 Å². The number of carbonyl (C=O) groups excluding carboxylic acids is 1. The number of esters is 1. The molecule has 0 aromatic rings. The summed E-state index contributed by atoms with van der Waals surface area (Å²) in [5.41, 5.74) is -0.576. The molecule has 1 aliphatic heterocycles. The number of hydrogen-bond acceptors (Lipinski definition) is 5. The average Bonchev–Trinajstić information content (AvgIpc) is 2.71. The molecule has 1 saturated heterocycles. The van der Waals surface area contributed by atoms with Gasteiger partial charge in [-0.05, 0) is 45.3 Å². The lowest BCUT2D eigenvalue weighted by Gasteiger charge is -2.40. The van der Waals surface area contributed by atoms with Gasteiger partial charge in [0.25, 0.3) is 0 Å². The molecule has 1 rings (SSSR count). The highest BCUT2D eigenvalue weighted by Gasteiger charge is 2.49. The second kappa shape index (κ2) is 7.90. The molecule has 0 unspecified atom stereocenters. The molecule has 0 amide bonds. The summed E-state index contributed by atoms with van der Waals surface area (Å²) < 4.78 is 17.8. The van der Waals surface area contributed by atoms with E-state index in [-0.39, 0.29) is 23.7 Å². The van der Waals surface area contributed by atoms with E-state index in [9.17, 15) is 9.90 Å². The molecule has 6 heteroatoms. The van der Waals surface area contributed by atoms with Crippen molar-refractivity contribution in [2.24, 2.45) is 5.41 Å². The van der Waals surface area contributed by atoms with Crippen molar-refractivity contribution in [2.75, 3.05) is 6.61 Å². The molecule has 1 fully saturated rings. The summed E-state index contributed by atoms with van der Waals surface area (Å²) >= 11 is 0. The van der Waals surface area contributed by atoms with Gasteiger partial charge in [0.05, 0.1) is 11.5 Å². The minimum Gasteiger partial charge on any atom is -0.462 e. The highest BCUT2D eigenvalue weighted by Crippen LogP contribution is 2.40. The maximum atomic E-state index is 12.1. The van der Waals surface area contributed by atoms with Gasteiger partial charge in [-0.3, -0.25) is 4.79 Å². The third-order valence-corrected chi connectivity index (χ3v) is 9.53. The van der Waals surface area contributed by atoms with E-state index in [0.29, 0.717) is 6.42 Å². The molecule has 0 aromatic heterocycles. The molecule has 1 N–H and O–H groups in total. The smallest absolute Gasteiger partial charge is 0.311 e. The molecular formula is C19H36O5Si. The minimum absolute atomic E-state index is 0.00980. The summed E-state index contributed by atoms with van der Waals surface area (Å²) in [6.07, 6.45) is 0.137. The summed E-state index contributed by atoms with van der Waals surface area (Å²) in [6, 6.07) is 0. The van der Waals surface area contributed by atoms with Gasteiger partial charge in [-0.1, -0.05) is 26.8 Å². The van der Waals surface area contributed by atoms with Gasteiger partial charge in [0.15, 0.2) is 8.32 Å². The summed E-state index contributed by atoms with van der Waals surface area (Å²) in [5.74, 6) is -0.288. The first kappa shape index (κ1) is 22.3. The highest BCUT2D eigenvalue weighted by atomic mass is 28.4. The van der Waals surface area contributed by atoms with E-state index in [1.165, 1.54) is 0 Å². The van der Waals surface area contributed by atoms with E-state index in [4.69, 9.17) is 13.9 Å². The quantitative estimate of drug-likeness (QED) is 0.438. The van der Waals surface area contributed by atoms with Crippen LogP contribution in [0.2, 0.25) is 18.1 Å². The Labute approximate surface area is 153 Å². The van der Waals surface area contributed by atoms with E-state index < -0.39 is 32.0 Å². The van der Waals surface area contributed by atoms with Crippen LogP contribution in [0.4, 0.5) is 0 Å². The molecule has 0 aromatic carbocycles. The normalized spacial score (nSPS) is 28.0. The molecule has 1 aliphatic rings. The molecule has 4 atom stereocenters. The number of ether oxygens (including phenoxy) is 2. The second-order valence-corrected chi connectivity index (χ2v) is 14.2. The zero-order valence-corrected chi connectivity index (χ0v) is 18.1. The first-order chi connectivity index (χ1) is 11.2. The van der Waals surface area contributed by atoms with Crippen LogP contribution < -0.4 is 0 Å². The van der Waals surface area contributed by atoms with Gasteiger partial charge in [0.2, 0.25) is 0 Å². The van der Waals surface area contributed by atoms with Gasteiger partial charge in [0, 0.05) is 0 Å². The summed E-state index contributed by atoms with van der Waals surface area (Å²) in [7, 11) is -2.11. The molecule has 0 saturated carbocycles. The first-order valence-corrected chi connectivity index (χ1v) is 11.9. The third-order valence-electron chi connectivity index (χ3n) is 5.06. The largest absolute Gasteiger partial charge is 0.462 e. The van der Waals surface area contributed by atoms with Gasteiger partial charge >= 0.3 is 5.97 Å². The molecule has 1 heterocycles. The number of aliphatic hydroxyl groups is 1. The van der Waals surface area contributed by atoms with Crippen molar-refractivity contribution in [3.05, 3.63) is 12.7 Å². The second-order valence-electron chi connectivity index (χ2n) is 9.42. The Balaban J connectivity index is 2.91. The lowest BCUT2D eigenvalue weighted by atomic mass is 9.97. The van der Waals surface area contributed by atoms with Crippen LogP contribution in [0.15, 0.2) is 12.7 Å². The fourth-order valence-electron chi connectivity index (χ4n) is 2.34. The van der Waals surface area contributed by atoms with E-state index >= 15 is 0 Å². The van der Waals surface area contributed by atoms with Crippen LogP contribution in [0.5, 0.6) is 0 Å². The van der Waals surface area contributed by atoms with E-state index in [1.807, 2.05) is 20.8 Å². The van der Waals surface area contributed by atoms with Crippen LogP contribution in [0.1, 0.15) is 48.0 Å². The highest BCUT2D eigenvalue weighted by molar-refractivity contribution is 6.74. The molecule has 0 radical (unpaired) electrons. The summed E-state index contributed by atoms with van der Waals surface area (Å²) in [4.78, 5) is 12.1. The van der Waals surface area contributed by atoms with E-state index in [0.717, 1.165) is 0 Å². The maximum absolute atomic E-state index is 12.1. The van der Waals surface area contributed by atoms with E-state index in [2.05, 4.69) is 40.4 Å². The fourth-order valence-corrected chi connectivity index (χ4v) is 3.67. The first-order valence-electron chi connectivity index (χ1n) is 9.00. The van der Waals surface area contributed by atoms with Crippen molar-refractivity contribution in [3.8, 4) is 0 Å². The fraction of sp³-hybridized carbons (Fsp3) is 0.842. The molecule has 25 heavy (non-hydrogen) atoms. The third kappa shape index (κ3) is 5.64. The van der Waals surface area contributed by atoms with Gasteiger partial charge in [0.1, 0.15) is 24.9 Å². The molecule has 5 nitrogen and oxygen atoms in total. The van der Waals surface area contributed by atoms with Crippen LogP contribution in [0.3, 0.4) is 0 Å². The van der Waals surface area contributed by atoms with Crippen molar-refractivity contribution in [1.29, 1.82) is 0 Å². The van der Waals surface area contributed by atoms with Crippen molar-refractivity contribution >= 4 is 14.3 Å². The predicted molar refractivity (Wildman–Crippen MR) is 102 cm³/mol. The van der Waals surface area contributed by atoms with Crippen LogP contribution in [0, 0.1) is 5.41 Å². The molecule has 0 aliphatic carbocycles. The van der Waals surface area contributed by atoms with Gasteiger partial charge in [-0.25, -0.2) is 0 Å². The van der Waals surface area contributed by atoms with E-state index in [1.54, 1.807) is 6.08 Å². The summed E-state index contributed by atoms with van der Waals surface area (Å²) in [6.45, 7) is 20.0. The minimum atomic E-state index is -2.11. The lowest BCUT2D eigenvalue weighted by Crippen LogP contribution is -2.50. The SMILES string of the molecule is C=CC[C@@H]1O[C@H](COC(=O)C(C)(C)C)[C@H](O[Si](C)(C)C(C)(C)C)[C@H]1O. The Bertz CT molecular complexity index is 475. The number of aliphatic hydroxyl groups excluding tert-OH is 1. The van der Waals surface area contributed by atoms with Crippen molar-refractivity contribution < 1.29 is 23.8 Å². The number of rotatable bonds is 6. The Morgan fingerprint density at radius 2 is 1.76 bits per heavy atom. The van der Waals surface area contributed by atoms with Gasteiger partial charge < -0.3 is 19.0 Å². The average molecular weight is 373 g/mol. The molecule has 146 valence electrons. The number of hydrogen-bond donors (Lipinski definition) is 1. The predicted octanol–water partition coefficient (Wildman–Crippen LogP) is 3.67. The van der Waals surface area contributed by atoms with Crippen molar-refractivity contribution in [2.45, 2.75) is 90.5 Å². The van der Waals surface area contributed by atoms with Crippen LogP contribution in [-0.4, -0.2) is 50.4 Å². The Morgan fingerprint density at radius 3 is 2.20 bits per heavy atom. The van der Waals surface area contributed by atoms with Crippen LogP contribution in [-0.2, 0) is 18.7 Å². The monoisotopic (exact) mass is 372 g/mol. The zero-order chi connectivity index (χ0) is 19.6. The Kier molecular flexibility index (Phi) is 7.06. The Hall–Kier alpha value is -0.693. The Morgan fingerprint density at radius 1 is 1.20 bits per heavy atom. The molecule has 0 spiro atoms. The zero-order valence-electron chi connectivity index (χ0n) is 17.1. The standard InChI is InChI=1S/C19H36O5Si/c1-10-11-13-15(20)16(24-25(8,9)19(5,6)7)14(23-13)12-22-17(21)18(2,3)4/h10,13-16,20H,1,11-12H2,2-9H3/t13-,14+,15-,16-/m0/s1. The van der Waals surface area contributed by atoms with Gasteiger partial charge in [-0.15, -0.1) is 6.58 Å². The summed E-state index contributed by atoms with van der Waals surface area (Å²) in [5, 5.41) is 10.7.